The van der Waals surface area contributed by atoms with Gasteiger partial charge in [0.25, 0.3) is 5.91 Å². The molecule has 0 radical (unpaired) electrons. The van der Waals surface area contributed by atoms with E-state index in [0.29, 0.717) is 11.3 Å². The second-order valence-corrected chi connectivity index (χ2v) is 7.78. The van der Waals surface area contributed by atoms with Crippen molar-refractivity contribution in [1.82, 2.24) is 4.90 Å². The SMILES string of the molecule is Cl.NCc1ccc(C(=O)N2CCSC3(CCCCC3)C2)cc1. The molecule has 0 unspecified atom stereocenters. The summed E-state index contributed by atoms with van der Waals surface area (Å²) in [5.74, 6) is 1.26. The van der Waals surface area contributed by atoms with Gasteiger partial charge in [-0.2, -0.15) is 11.8 Å². The van der Waals surface area contributed by atoms with Crippen LogP contribution in [0.3, 0.4) is 0 Å². The molecule has 1 aromatic rings. The molecular formula is C17H25ClN2OS. The molecule has 0 atom stereocenters. The van der Waals surface area contributed by atoms with Gasteiger partial charge in [0.15, 0.2) is 0 Å². The molecule has 1 aliphatic carbocycles. The molecular weight excluding hydrogens is 316 g/mol. The highest BCUT2D eigenvalue weighted by atomic mass is 35.5. The van der Waals surface area contributed by atoms with E-state index in [9.17, 15) is 4.79 Å². The number of halogens is 1. The number of carbonyl (C=O) groups excluding carboxylic acids is 1. The Bertz CT molecular complexity index is 494. The first-order chi connectivity index (χ1) is 10.2. The van der Waals surface area contributed by atoms with E-state index < -0.39 is 0 Å². The second kappa shape index (κ2) is 7.71. The van der Waals surface area contributed by atoms with Crippen LogP contribution >= 0.6 is 24.2 Å². The molecule has 0 bridgehead atoms. The van der Waals surface area contributed by atoms with Gasteiger partial charge in [0.05, 0.1) is 0 Å². The van der Waals surface area contributed by atoms with E-state index in [-0.39, 0.29) is 18.3 Å². The minimum absolute atomic E-state index is 0. The molecule has 122 valence electrons. The molecule has 1 aliphatic heterocycles. The van der Waals surface area contributed by atoms with Crippen molar-refractivity contribution in [3.63, 3.8) is 0 Å². The lowest BCUT2D eigenvalue weighted by atomic mass is 9.87. The van der Waals surface area contributed by atoms with Crippen molar-refractivity contribution in [3.05, 3.63) is 35.4 Å². The van der Waals surface area contributed by atoms with Crippen LogP contribution in [0.1, 0.15) is 48.0 Å². The summed E-state index contributed by atoms with van der Waals surface area (Å²) in [6.45, 7) is 2.33. The monoisotopic (exact) mass is 340 g/mol. The van der Waals surface area contributed by atoms with Gasteiger partial charge in [-0.05, 0) is 30.5 Å². The maximum atomic E-state index is 12.7. The first-order valence-corrected chi connectivity index (χ1v) is 8.93. The largest absolute Gasteiger partial charge is 0.336 e. The molecule has 1 amide bonds. The normalized spacial score (nSPS) is 20.5. The summed E-state index contributed by atoms with van der Waals surface area (Å²) >= 11 is 2.10. The van der Waals surface area contributed by atoms with Gasteiger partial charge in [0.2, 0.25) is 0 Å². The van der Waals surface area contributed by atoms with Crippen molar-refractivity contribution in [1.29, 1.82) is 0 Å². The van der Waals surface area contributed by atoms with Crippen LogP contribution in [0.4, 0.5) is 0 Å². The van der Waals surface area contributed by atoms with Gasteiger partial charge in [0.1, 0.15) is 0 Å². The maximum absolute atomic E-state index is 12.7. The Kier molecular flexibility index (Phi) is 6.18. The van der Waals surface area contributed by atoms with Gasteiger partial charge in [-0.15, -0.1) is 12.4 Å². The van der Waals surface area contributed by atoms with Crippen molar-refractivity contribution in [3.8, 4) is 0 Å². The summed E-state index contributed by atoms with van der Waals surface area (Å²) in [5, 5.41) is 0. The predicted molar refractivity (Wildman–Crippen MR) is 95.8 cm³/mol. The average Bonchev–Trinajstić information content (AvgIpc) is 2.55. The minimum Gasteiger partial charge on any atom is -0.336 e. The van der Waals surface area contributed by atoms with Gasteiger partial charge in [-0.3, -0.25) is 4.79 Å². The molecule has 5 heteroatoms. The lowest BCUT2D eigenvalue weighted by Crippen LogP contribution is -2.49. The van der Waals surface area contributed by atoms with E-state index in [2.05, 4.69) is 16.7 Å². The van der Waals surface area contributed by atoms with Gasteiger partial charge >= 0.3 is 0 Å². The maximum Gasteiger partial charge on any atom is 0.253 e. The molecule has 1 saturated heterocycles. The lowest BCUT2D eigenvalue weighted by Gasteiger charge is -2.44. The molecule has 3 rings (SSSR count). The highest BCUT2D eigenvalue weighted by Crippen LogP contribution is 2.42. The second-order valence-electron chi connectivity index (χ2n) is 6.22. The number of carbonyl (C=O) groups is 1. The summed E-state index contributed by atoms with van der Waals surface area (Å²) in [4.78, 5) is 14.8. The number of nitrogens with two attached hydrogens (primary N) is 1. The number of nitrogens with zero attached hydrogens (tertiary/aromatic N) is 1. The van der Waals surface area contributed by atoms with Crippen LogP contribution in [0, 0.1) is 0 Å². The van der Waals surface area contributed by atoms with E-state index in [1.54, 1.807) is 0 Å². The van der Waals surface area contributed by atoms with Gasteiger partial charge in [0, 0.05) is 35.7 Å². The first-order valence-electron chi connectivity index (χ1n) is 7.95. The van der Waals surface area contributed by atoms with Crippen molar-refractivity contribution < 1.29 is 4.79 Å². The Balaban J connectivity index is 0.00000176. The fourth-order valence-corrected chi connectivity index (χ4v) is 5.05. The van der Waals surface area contributed by atoms with E-state index in [4.69, 9.17) is 5.73 Å². The summed E-state index contributed by atoms with van der Waals surface area (Å²) in [6, 6.07) is 7.75. The van der Waals surface area contributed by atoms with Crippen LogP contribution in [0.25, 0.3) is 0 Å². The number of benzene rings is 1. The molecule has 22 heavy (non-hydrogen) atoms. The lowest BCUT2D eigenvalue weighted by molar-refractivity contribution is 0.0730. The zero-order chi connectivity index (χ0) is 14.7. The highest BCUT2D eigenvalue weighted by Gasteiger charge is 2.38. The Labute approximate surface area is 143 Å². The van der Waals surface area contributed by atoms with Crippen molar-refractivity contribution in [2.75, 3.05) is 18.8 Å². The summed E-state index contributed by atoms with van der Waals surface area (Å²) in [7, 11) is 0. The van der Waals surface area contributed by atoms with E-state index in [0.717, 1.165) is 30.0 Å². The Morgan fingerprint density at radius 3 is 2.50 bits per heavy atom. The zero-order valence-electron chi connectivity index (χ0n) is 12.9. The minimum atomic E-state index is 0. The standard InChI is InChI=1S/C17H24N2OS.ClH/c18-12-14-4-6-15(7-5-14)16(20)19-10-11-21-17(13-19)8-2-1-3-9-17;/h4-7H,1-3,8-13,18H2;1H. The molecule has 1 aromatic carbocycles. The molecule has 2 N–H and O–H groups in total. The fraction of sp³-hybridized carbons (Fsp3) is 0.588. The number of thioether (sulfide) groups is 1. The van der Waals surface area contributed by atoms with Crippen LogP contribution in [-0.4, -0.2) is 34.4 Å². The molecule has 2 fully saturated rings. The third-order valence-corrected chi connectivity index (χ3v) is 6.27. The van der Waals surface area contributed by atoms with Crippen LogP contribution in [0.2, 0.25) is 0 Å². The number of hydrogen-bond donors (Lipinski definition) is 1. The third kappa shape index (κ3) is 3.79. The number of amides is 1. The third-order valence-electron chi connectivity index (χ3n) is 4.74. The summed E-state index contributed by atoms with van der Waals surface area (Å²) in [6.07, 6.45) is 6.54. The van der Waals surface area contributed by atoms with Crippen molar-refractivity contribution >= 4 is 30.1 Å². The van der Waals surface area contributed by atoms with Crippen molar-refractivity contribution in [2.24, 2.45) is 5.73 Å². The van der Waals surface area contributed by atoms with Crippen LogP contribution < -0.4 is 5.73 Å². The summed E-state index contributed by atoms with van der Waals surface area (Å²) < 4.78 is 0.337. The Morgan fingerprint density at radius 2 is 1.86 bits per heavy atom. The van der Waals surface area contributed by atoms with Crippen molar-refractivity contribution in [2.45, 2.75) is 43.4 Å². The quantitative estimate of drug-likeness (QED) is 0.896. The topological polar surface area (TPSA) is 46.3 Å². The summed E-state index contributed by atoms with van der Waals surface area (Å²) in [5.41, 5.74) is 7.48. The van der Waals surface area contributed by atoms with E-state index in [1.165, 1.54) is 32.1 Å². The van der Waals surface area contributed by atoms with Gasteiger partial charge < -0.3 is 10.6 Å². The number of rotatable bonds is 2. The average molecular weight is 341 g/mol. The van der Waals surface area contributed by atoms with Crippen LogP contribution in [-0.2, 0) is 6.54 Å². The molecule has 1 heterocycles. The van der Waals surface area contributed by atoms with Gasteiger partial charge in [-0.1, -0.05) is 31.4 Å². The van der Waals surface area contributed by atoms with E-state index in [1.807, 2.05) is 24.3 Å². The molecule has 1 saturated carbocycles. The Morgan fingerprint density at radius 1 is 1.18 bits per heavy atom. The zero-order valence-corrected chi connectivity index (χ0v) is 14.6. The smallest absolute Gasteiger partial charge is 0.253 e. The van der Waals surface area contributed by atoms with E-state index >= 15 is 0 Å². The fourth-order valence-electron chi connectivity index (χ4n) is 3.48. The number of hydrogen-bond acceptors (Lipinski definition) is 3. The predicted octanol–water partition coefficient (Wildman–Crippen LogP) is 3.46. The molecule has 3 nitrogen and oxygen atoms in total. The van der Waals surface area contributed by atoms with Gasteiger partial charge in [-0.25, -0.2) is 0 Å². The molecule has 2 aliphatic rings. The Hall–Kier alpha value is -0.710. The molecule has 1 spiro atoms. The highest BCUT2D eigenvalue weighted by molar-refractivity contribution is 8.00. The first kappa shape index (κ1) is 17.6. The van der Waals surface area contributed by atoms with Crippen LogP contribution in [0.5, 0.6) is 0 Å². The van der Waals surface area contributed by atoms with Crippen LogP contribution in [0.15, 0.2) is 24.3 Å². The molecule has 0 aromatic heterocycles.